The first-order chi connectivity index (χ1) is 11.1. The maximum absolute atomic E-state index is 12.5. The minimum atomic E-state index is -0.120. The molecular weight excluding hydrogens is 290 g/mol. The molecule has 0 aliphatic heterocycles. The van der Waals surface area contributed by atoms with E-state index in [0.29, 0.717) is 24.7 Å². The van der Waals surface area contributed by atoms with Crippen molar-refractivity contribution >= 4 is 5.91 Å². The Balaban J connectivity index is 2.05. The van der Waals surface area contributed by atoms with Crippen molar-refractivity contribution in [1.29, 1.82) is 0 Å². The Bertz CT molecular complexity index is 629. The summed E-state index contributed by atoms with van der Waals surface area (Å²) in [4.78, 5) is 20.6. The summed E-state index contributed by atoms with van der Waals surface area (Å²) >= 11 is 0. The van der Waals surface area contributed by atoms with Crippen LogP contribution in [-0.4, -0.2) is 35.1 Å². The quantitative estimate of drug-likeness (QED) is 0.853. The van der Waals surface area contributed by atoms with Gasteiger partial charge in [0, 0.05) is 36.2 Å². The van der Waals surface area contributed by atoms with E-state index in [0.717, 1.165) is 11.1 Å². The summed E-state index contributed by atoms with van der Waals surface area (Å²) in [5, 5.41) is 2.98. The Morgan fingerprint density at radius 3 is 2.52 bits per heavy atom. The number of hydrogen-bond donors (Lipinski definition) is 1. The van der Waals surface area contributed by atoms with Crippen molar-refractivity contribution in [3.05, 3.63) is 48.5 Å². The molecule has 0 radical (unpaired) electrons. The summed E-state index contributed by atoms with van der Waals surface area (Å²) in [5.41, 5.74) is 2.25. The van der Waals surface area contributed by atoms with Crippen LogP contribution in [0.15, 0.2) is 43.0 Å². The highest BCUT2D eigenvalue weighted by Gasteiger charge is 2.15. The average Bonchev–Trinajstić information content (AvgIpc) is 2.55. The van der Waals surface area contributed by atoms with E-state index in [1.807, 2.05) is 25.1 Å². The number of nitrogens with one attached hydrogen (secondary N) is 1. The van der Waals surface area contributed by atoms with Gasteiger partial charge in [-0.2, -0.15) is 0 Å². The molecule has 1 N–H and O–H groups in total. The largest absolute Gasteiger partial charge is 0.379 e. The molecule has 1 aromatic heterocycles. The van der Waals surface area contributed by atoms with Gasteiger partial charge in [-0.3, -0.25) is 4.79 Å². The minimum absolute atomic E-state index is 0.0543. The van der Waals surface area contributed by atoms with Crippen LogP contribution in [-0.2, 0) is 4.74 Å². The Morgan fingerprint density at radius 1 is 1.13 bits per heavy atom. The van der Waals surface area contributed by atoms with E-state index in [9.17, 15) is 4.79 Å². The molecule has 1 unspecified atom stereocenters. The number of carbonyl (C=O) groups excluding carboxylic acids is 1. The Morgan fingerprint density at radius 2 is 1.83 bits per heavy atom. The molecule has 0 spiro atoms. The van der Waals surface area contributed by atoms with Crippen molar-refractivity contribution in [2.75, 3.05) is 13.2 Å². The average molecular weight is 313 g/mol. The standard InChI is InChI=1S/C18H23N3O2/c1-13(2)10-23-11-14(3)21-18(22)17-7-5-4-6-16(17)15-8-19-12-20-9-15/h4-9,12-14H,10-11H2,1-3H3,(H,21,22). The van der Waals surface area contributed by atoms with Crippen LogP contribution in [0, 0.1) is 5.92 Å². The number of benzene rings is 1. The number of amides is 1. The van der Waals surface area contributed by atoms with Crippen LogP contribution < -0.4 is 5.32 Å². The van der Waals surface area contributed by atoms with Crippen molar-refractivity contribution in [3.63, 3.8) is 0 Å². The summed E-state index contributed by atoms with van der Waals surface area (Å²) in [6.45, 7) is 7.33. The second-order valence-electron chi connectivity index (χ2n) is 5.98. The van der Waals surface area contributed by atoms with Crippen molar-refractivity contribution in [3.8, 4) is 11.1 Å². The van der Waals surface area contributed by atoms with Gasteiger partial charge in [-0.05, 0) is 24.5 Å². The predicted octanol–water partition coefficient (Wildman–Crippen LogP) is 2.93. The maximum atomic E-state index is 12.5. The van der Waals surface area contributed by atoms with Crippen LogP contribution in [0.5, 0.6) is 0 Å². The van der Waals surface area contributed by atoms with Crippen molar-refractivity contribution < 1.29 is 9.53 Å². The number of nitrogens with zero attached hydrogens (tertiary/aromatic N) is 2. The lowest BCUT2D eigenvalue weighted by Gasteiger charge is -2.16. The lowest BCUT2D eigenvalue weighted by atomic mass is 10.0. The third-order valence-electron chi connectivity index (χ3n) is 3.24. The van der Waals surface area contributed by atoms with Gasteiger partial charge in [-0.15, -0.1) is 0 Å². The van der Waals surface area contributed by atoms with E-state index >= 15 is 0 Å². The number of rotatable bonds is 7. The highest BCUT2D eigenvalue weighted by molar-refractivity contribution is 6.00. The summed E-state index contributed by atoms with van der Waals surface area (Å²) in [6, 6.07) is 7.39. The molecule has 2 rings (SSSR count). The summed E-state index contributed by atoms with van der Waals surface area (Å²) in [7, 11) is 0. The molecule has 2 aromatic rings. The second kappa shape index (κ2) is 8.39. The van der Waals surface area contributed by atoms with Gasteiger partial charge in [0.2, 0.25) is 0 Å². The fourth-order valence-corrected chi connectivity index (χ4v) is 2.19. The van der Waals surface area contributed by atoms with E-state index in [1.165, 1.54) is 6.33 Å². The molecule has 1 heterocycles. The molecule has 1 atom stereocenters. The molecule has 0 saturated heterocycles. The van der Waals surface area contributed by atoms with E-state index in [2.05, 4.69) is 29.1 Å². The molecule has 1 amide bonds. The summed E-state index contributed by atoms with van der Waals surface area (Å²) in [5.74, 6) is 0.363. The number of aromatic nitrogens is 2. The lowest BCUT2D eigenvalue weighted by molar-refractivity contribution is 0.0792. The van der Waals surface area contributed by atoms with Gasteiger partial charge in [0.1, 0.15) is 6.33 Å². The smallest absolute Gasteiger partial charge is 0.252 e. The van der Waals surface area contributed by atoms with Crippen LogP contribution in [0.2, 0.25) is 0 Å². The normalized spacial score (nSPS) is 12.2. The van der Waals surface area contributed by atoms with Gasteiger partial charge in [-0.25, -0.2) is 9.97 Å². The molecule has 1 aromatic carbocycles. The predicted molar refractivity (Wildman–Crippen MR) is 90.1 cm³/mol. The first kappa shape index (κ1) is 17.1. The van der Waals surface area contributed by atoms with Gasteiger partial charge in [0.05, 0.1) is 6.61 Å². The van der Waals surface area contributed by atoms with Crippen LogP contribution in [0.25, 0.3) is 11.1 Å². The molecular formula is C18H23N3O2. The molecule has 0 aliphatic rings. The topological polar surface area (TPSA) is 64.1 Å². The molecule has 5 nitrogen and oxygen atoms in total. The molecule has 122 valence electrons. The number of hydrogen-bond acceptors (Lipinski definition) is 4. The molecule has 0 bridgehead atoms. The third-order valence-corrected chi connectivity index (χ3v) is 3.24. The third kappa shape index (κ3) is 5.14. The Hall–Kier alpha value is -2.27. The molecule has 0 saturated carbocycles. The van der Waals surface area contributed by atoms with Crippen molar-refractivity contribution in [2.24, 2.45) is 5.92 Å². The first-order valence-corrected chi connectivity index (χ1v) is 7.81. The van der Waals surface area contributed by atoms with Crippen LogP contribution in [0.1, 0.15) is 31.1 Å². The van der Waals surface area contributed by atoms with Gasteiger partial charge in [0.15, 0.2) is 0 Å². The summed E-state index contributed by atoms with van der Waals surface area (Å²) < 4.78 is 5.57. The zero-order valence-electron chi connectivity index (χ0n) is 13.8. The number of carbonyl (C=O) groups is 1. The lowest BCUT2D eigenvalue weighted by Crippen LogP contribution is -2.36. The fourth-order valence-electron chi connectivity index (χ4n) is 2.19. The molecule has 0 fully saturated rings. The highest BCUT2D eigenvalue weighted by atomic mass is 16.5. The summed E-state index contributed by atoms with van der Waals surface area (Å²) in [6.07, 6.45) is 4.88. The van der Waals surface area contributed by atoms with Gasteiger partial charge >= 0.3 is 0 Å². The van der Waals surface area contributed by atoms with Gasteiger partial charge < -0.3 is 10.1 Å². The first-order valence-electron chi connectivity index (χ1n) is 7.81. The SMILES string of the molecule is CC(C)COCC(C)NC(=O)c1ccccc1-c1cncnc1. The molecule has 5 heteroatoms. The minimum Gasteiger partial charge on any atom is -0.379 e. The van der Waals surface area contributed by atoms with E-state index in [-0.39, 0.29) is 11.9 Å². The zero-order chi connectivity index (χ0) is 16.7. The van der Waals surface area contributed by atoms with E-state index in [4.69, 9.17) is 4.74 Å². The maximum Gasteiger partial charge on any atom is 0.252 e. The van der Waals surface area contributed by atoms with E-state index in [1.54, 1.807) is 18.5 Å². The monoisotopic (exact) mass is 313 g/mol. The van der Waals surface area contributed by atoms with Crippen LogP contribution >= 0.6 is 0 Å². The van der Waals surface area contributed by atoms with Crippen molar-refractivity contribution in [2.45, 2.75) is 26.8 Å². The second-order valence-corrected chi connectivity index (χ2v) is 5.98. The van der Waals surface area contributed by atoms with Crippen LogP contribution in [0.4, 0.5) is 0 Å². The van der Waals surface area contributed by atoms with Crippen molar-refractivity contribution in [1.82, 2.24) is 15.3 Å². The fraction of sp³-hybridized carbons (Fsp3) is 0.389. The molecule has 0 aliphatic carbocycles. The molecule has 23 heavy (non-hydrogen) atoms. The number of ether oxygens (including phenoxy) is 1. The highest BCUT2D eigenvalue weighted by Crippen LogP contribution is 2.22. The van der Waals surface area contributed by atoms with Crippen LogP contribution in [0.3, 0.4) is 0 Å². The zero-order valence-corrected chi connectivity index (χ0v) is 13.8. The van der Waals surface area contributed by atoms with Gasteiger partial charge in [0.25, 0.3) is 5.91 Å². The Kier molecular flexibility index (Phi) is 6.23. The Labute approximate surface area is 137 Å². The van der Waals surface area contributed by atoms with Gasteiger partial charge in [-0.1, -0.05) is 32.0 Å². The van der Waals surface area contributed by atoms with E-state index < -0.39 is 0 Å².